The third-order valence-corrected chi connectivity index (χ3v) is 4.01. The van der Waals surface area contributed by atoms with Crippen LogP contribution in [-0.4, -0.2) is 4.98 Å². The number of hydrogen-bond acceptors (Lipinski definition) is 3. The number of fused-ring (bicyclic) bond motifs is 1. The standard InChI is InChI=1S/C14H9ClF2N2S/c15-9-2-4-12-14(19-7-20-12)13(9)18-6-8-1-3-10(16)11(17)5-8/h1-5,7,18H,6H2. The lowest BCUT2D eigenvalue weighted by molar-refractivity contribution is 0.507. The van der Waals surface area contributed by atoms with Gasteiger partial charge in [-0.15, -0.1) is 11.3 Å². The molecule has 0 unspecified atom stereocenters. The highest BCUT2D eigenvalue weighted by Gasteiger charge is 2.09. The fourth-order valence-corrected chi connectivity index (χ4v) is 2.82. The topological polar surface area (TPSA) is 24.9 Å². The first kappa shape index (κ1) is 13.3. The zero-order chi connectivity index (χ0) is 14.1. The van der Waals surface area contributed by atoms with Gasteiger partial charge in [-0.05, 0) is 29.8 Å². The van der Waals surface area contributed by atoms with Crippen LogP contribution in [0, 0.1) is 11.6 Å². The van der Waals surface area contributed by atoms with E-state index in [2.05, 4.69) is 10.3 Å². The van der Waals surface area contributed by atoms with E-state index in [4.69, 9.17) is 11.6 Å². The van der Waals surface area contributed by atoms with Gasteiger partial charge in [-0.3, -0.25) is 0 Å². The molecule has 20 heavy (non-hydrogen) atoms. The SMILES string of the molecule is Fc1ccc(CNc2c(Cl)ccc3scnc23)cc1F. The molecule has 0 aliphatic carbocycles. The number of halogens is 3. The maximum atomic E-state index is 13.1. The summed E-state index contributed by atoms with van der Waals surface area (Å²) in [5, 5.41) is 3.68. The van der Waals surface area contributed by atoms with E-state index >= 15 is 0 Å². The molecule has 3 aromatic rings. The molecule has 0 fully saturated rings. The molecule has 2 aromatic carbocycles. The van der Waals surface area contributed by atoms with Crippen LogP contribution in [0.1, 0.15) is 5.56 Å². The van der Waals surface area contributed by atoms with E-state index < -0.39 is 11.6 Å². The minimum atomic E-state index is -0.859. The van der Waals surface area contributed by atoms with Gasteiger partial charge in [0.2, 0.25) is 0 Å². The highest BCUT2D eigenvalue weighted by Crippen LogP contribution is 2.32. The molecule has 6 heteroatoms. The molecule has 1 heterocycles. The number of rotatable bonds is 3. The van der Waals surface area contributed by atoms with Crippen LogP contribution in [0.3, 0.4) is 0 Å². The van der Waals surface area contributed by atoms with Crippen LogP contribution in [0.2, 0.25) is 5.02 Å². The molecular formula is C14H9ClF2N2S. The number of nitrogens with zero attached hydrogens (tertiary/aromatic N) is 1. The number of anilines is 1. The summed E-state index contributed by atoms with van der Waals surface area (Å²) in [6, 6.07) is 7.49. The lowest BCUT2D eigenvalue weighted by Gasteiger charge is -2.09. The predicted molar refractivity (Wildman–Crippen MR) is 78.3 cm³/mol. The largest absolute Gasteiger partial charge is 0.378 e. The molecule has 0 saturated heterocycles. The Kier molecular flexibility index (Phi) is 3.54. The Morgan fingerprint density at radius 1 is 1.15 bits per heavy atom. The Morgan fingerprint density at radius 2 is 2.00 bits per heavy atom. The summed E-state index contributed by atoms with van der Waals surface area (Å²) < 4.78 is 27.0. The molecule has 3 rings (SSSR count). The van der Waals surface area contributed by atoms with Crippen LogP contribution in [-0.2, 0) is 6.54 Å². The van der Waals surface area contributed by atoms with Gasteiger partial charge in [0, 0.05) is 6.54 Å². The van der Waals surface area contributed by atoms with Gasteiger partial charge >= 0.3 is 0 Å². The van der Waals surface area contributed by atoms with Crippen LogP contribution < -0.4 is 5.32 Å². The van der Waals surface area contributed by atoms with Crippen LogP contribution in [0.5, 0.6) is 0 Å². The monoisotopic (exact) mass is 310 g/mol. The van der Waals surface area contributed by atoms with Gasteiger partial charge in [-0.2, -0.15) is 0 Å². The summed E-state index contributed by atoms with van der Waals surface area (Å²) in [7, 11) is 0. The Hall–Kier alpha value is -1.72. The third kappa shape index (κ3) is 2.46. The average Bonchev–Trinajstić information content (AvgIpc) is 2.90. The van der Waals surface area contributed by atoms with Crippen LogP contribution in [0.15, 0.2) is 35.8 Å². The fourth-order valence-electron chi connectivity index (χ4n) is 1.91. The molecule has 1 aromatic heterocycles. The van der Waals surface area contributed by atoms with E-state index in [1.165, 1.54) is 17.4 Å². The van der Waals surface area contributed by atoms with Gasteiger partial charge in [-0.25, -0.2) is 13.8 Å². The van der Waals surface area contributed by atoms with E-state index in [0.717, 1.165) is 22.3 Å². The number of nitrogens with one attached hydrogen (secondary N) is 1. The molecule has 0 atom stereocenters. The predicted octanol–water partition coefficient (Wildman–Crippen LogP) is 4.84. The summed E-state index contributed by atoms with van der Waals surface area (Å²) in [4.78, 5) is 4.26. The quantitative estimate of drug-likeness (QED) is 0.748. The summed E-state index contributed by atoms with van der Waals surface area (Å²) in [5.41, 5.74) is 3.86. The van der Waals surface area contributed by atoms with Crippen molar-refractivity contribution in [1.29, 1.82) is 0 Å². The van der Waals surface area contributed by atoms with E-state index in [0.29, 0.717) is 22.8 Å². The Balaban J connectivity index is 1.88. The first-order chi connectivity index (χ1) is 9.65. The molecule has 1 N–H and O–H groups in total. The van der Waals surface area contributed by atoms with E-state index in [1.54, 1.807) is 11.6 Å². The van der Waals surface area contributed by atoms with Crippen molar-refractivity contribution in [3.8, 4) is 0 Å². The maximum Gasteiger partial charge on any atom is 0.159 e. The number of benzene rings is 2. The van der Waals surface area contributed by atoms with Crippen molar-refractivity contribution in [3.63, 3.8) is 0 Å². The minimum absolute atomic E-state index is 0.341. The molecule has 0 spiro atoms. The van der Waals surface area contributed by atoms with Crippen molar-refractivity contribution in [2.24, 2.45) is 0 Å². The number of thiazole rings is 1. The van der Waals surface area contributed by atoms with Gasteiger partial charge in [0.25, 0.3) is 0 Å². The summed E-state index contributed by atoms with van der Waals surface area (Å²) >= 11 is 7.67. The van der Waals surface area contributed by atoms with Gasteiger partial charge in [0.05, 0.1) is 20.9 Å². The molecule has 0 saturated carbocycles. The van der Waals surface area contributed by atoms with Gasteiger partial charge in [0.1, 0.15) is 5.52 Å². The number of hydrogen-bond donors (Lipinski definition) is 1. The second-order valence-corrected chi connectivity index (χ2v) is 5.52. The molecule has 0 bridgehead atoms. The van der Waals surface area contributed by atoms with E-state index in [-0.39, 0.29) is 0 Å². The first-order valence-electron chi connectivity index (χ1n) is 5.84. The third-order valence-electron chi connectivity index (χ3n) is 2.90. The van der Waals surface area contributed by atoms with Crippen molar-refractivity contribution in [1.82, 2.24) is 4.98 Å². The summed E-state index contributed by atoms with van der Waals surface area (Å²) in [5.74, 6) is -1.71. The molecule has 0 aliphatic heterocycles. The lowest BCUT2D eigenvalue weighted by atomic mass is 10.2. The Morgan fingerprint density at radius 3 is 2.80 bits per heavy atom. The van der Waals surface area contributed by atoms with E-state index in [9.17, 15) is 8.78 Å². The van der Waals surface area contributed by atoms with Gasteiger partial charge in [-0.1, -0.05) is 17.7 Å². The van der Waals surface area contributed by atoms with Gasteiger partial charge < -0.3 is 5.32 Å². The second-order valence-electron chi connectivity index (χ2n) is 4.22. The smallest absolute Gasteiger partial charge is 0.159 e. The van der Waals surface area contributed by atoms with E-state index in [1.807, 2.05) is 6.07 Å². The summed E-state index contributed by atoms with van der Waals surface area (Å²) in [6.45, 7) is 0.341. The van der Waals surface area contributed by atoms with Crippen molar-refractivity contribution < 1.29 is 8.78 Å². The molecule has 0 radical (unpaired) electrons. The minimum Gasteiger partial charge on any atom is -0.378 e. The lowest BCUT2D eigenvalue weighted by Crippen LogP contribution is -2.01. The molecule has 0 aliphatic rings. The zero-order valence-electron chi connectivity index (χ0n) is 10.2. The maximum absolute atomic E-state index is 13.1. The van der Waals surface area contributed by atoms with Crippen molar-refractivity contribution >= 4 is 38.8 Å². The van der Waals surface area contributed by atoms with Crippen molar-refractivity contribution in [3.05, 3.63) is 58.1 Å². The Labute approximate surface area is 123 Å². The van der Waals surface area contributed by atoms with Crippen LogP contribution in [0.4, 0.5) is 14.5 Å². The second kappa shape index (κ2) is 5.34. The first-order valence-corrected chi connectivity index (χ1v) is 7.10. The molecule has 2 nitrogen and oxygen atoms in total. The Bertz CT molecular complexity index is 773. The number of aromatic nitrogens is 1. The normalized spacial score (nSPS) is 10.9. The van der Waals surface area contributed by atoms with Gasteiger partial charge in [0.15, 0.2) is 11.6 Å². The average molecular weight is 311 g/mol. The van der Waals surface area contributed by atoms with Crippen LogP contribution in [0.25, 0.3) is 10.2 Å². The molecule has 0 amide bonds. The molecule has 102 valence electrons. The highest BCUT2D eigenvalue weighted by atomic mass is 35.5. The highest BCUT2D eigenvalue weighted by molar-refractivity contribution is 7.16. The molecular weight excluding hydrogens is 302 g/mol. The fraction of sp³-hybridized carbons (Fsp3) is 0.0714. The van der Waals surface area contributed by atoms with Crippen molar-refractivity contribution in [2.75, 3.05) is 5.32 Å². The van der Waals surface area contributed by atoms with Crippen LogP contribution >= 0.6 is 22.9 Å². The van der Waals surface area contributed by atoms with Crippen molar-refractivity contribution in [2.45, 2.75) is 6.54 Å². The zero-order valence-corrected chi connectivity index (χ0v) is 11.7. The summed E-state index contributed by atoms with van der Waals surface area (Å²) in [6.07, 6.45) is 0.